The second-order valence-electron chi connectivity index (χ2n) is 22.0. The fraction of sp³-hybridized carbons (Fsp3) is 0.483. The van der Waals surface area contributed by atoms with Crippen molar-refractivity contribution in [1.82, 2.24) is 45.5 Å². The van der Waals surface area contributed by atoms with Crippen molar-refractivity contribution in [3.63, 3.8) is 0 Å². The van der Waals surface area contributed by atoms with Crippen LogP contribution in [0.4, 0.5) is 33.2 Å². The maximum atomic E-state index is 16.5. The summed E-state index contributed by atoms with van der Waals surface area (Å²) in [6.07, 6.45) is 4.42. The molecule has 4 unspecified atom stereocenters. The van der Waals surface area contributed by atoms with Crippen molar-refractivity contribution in [2.24, 2.45) is 23.5 Å². The quantitative estimate of drug-likeness (QED) is 0.0261. The molecule has 10 amide bonds. The van der Waals surface area contributed by atoms with Gasteiger partial charge in [0.2, 0.25) is 17.7 Å². The molecule has 0 spiro atoms. The Bertz CT molecular complexity index is 2980. The molecule has 22 nitrogen and oxygen atoms in total. The molecule has 458 valence electrons. The minimum absolute atomic E-state index is 0.0747. The molecule has 85 heavy (non-hydrogen) atoms. The van der Waals surface area contributed by atoms with Gasteiger partial charge in [0.1, 0.15) is 42.3 Å². The van der Waals surface area contributed by atoms with Gasteiger partial charge in [-0.2, -0.15) is 0 Å². The van der Waals surface area contributed by atoms with E-state index in [0.29, 0.717) is 62.4 Å². The van der Waals surface area contributed by atoms with Crippen LogP contribution in [0, 0.1) is 29.4 Å². The van der Waals surface area contributed by atoms with E-state index < -0.39 is 90.4 Å². The highest BCUT2D eigenvalue weighted by Gasteiger charge is 2.43. The van der Waals surface area contributed by atoms with Gasteiger partial charge < -0.3 is 61.3 Å². The second kappa shape index (κ2) is 31.0. The van der Waals surface area contributed by atoms with Crippen molar-refractivity contribution in [2.75, 3.05) is 57.9 Å². The van der Waals surface area contributed by atoms with Crippen LogP contribution in [0.15, 0.2) is 91.1 Å². The molecule has 8 N–H and O–H groups in total. The lowest BCUT2D eigenvalue weighted by molar-refractivity contribution is -0.137. The maximum absolute atomic E-state index is 16.5. The van der Waals surface area contributed by atoms with Crippen molar-refractivity contribution < 1.29 is 66.1 Å². The number of nitrogens with zero attached hydrogens (tertiary/aromatic N) is 5. The smallest absolute Gasteiger partial charge is 0.410 e. The number of imide groups is 1. The molecule has 4 heterocycles. The average Bonchev–Trinajstić information content (AvgIpc) is 2.51. The van der Waals surface area contributed by atoms with Gasteiger partial charge >= 0.3 is 18.2 Å². The van der Waals surface area contributed by atoms with Crippen molar-refractivity contribution in [3.05, 3.63) is 120 Å². The van der Waals surface area contributed by atoms with Gasteiger partial charge in [-0.3, -0.25) is 28.9 Å². The first kappa shape index (κ1) is 64.2. The highest BCUT2D eigenvalue weighted by atomic mass is 19.1. The minimum atomic E-state index is -1.62. The van der Waals surface area contributed by atoms with Gasteiger partial charge in [0.15, 0.2) is 0 Å². The number of urea groups is 2. The number of primary amides is 1. The number of nitrogens with one attached hydrogen (secondary N) is 5. The highest BCUT2D eigenvalue weighted by molar-refractivity contribution is 6.12. The Morgan fingerprint density at radius 1 is 0.859 bits per heavy atom. The highest BCUT2D eigenvalue weighted by Crippen LogP contribution is 2.39. The van der Waals surface area contributed by atoms with E-state index in [1.54, 1.807) is 55.8 Å². The molecular formula is C60H76F3N11O11. The van der Waals surface area contributed by atoms with Crippen LogP contribution in [-0.4, -0.2) is 154 Å². The summed E-state index contributed by atoms with van der Waals surface area (Å²) >= 11 is 0. The summed E-state index contributed by atoms with van der Waals surface area (Å²) in [4.78, 5) is 113. The normalized spacial score (nSPS) is 17.5. The van der Waals surface area contributed by atoms with Gasteiger partial charge in [0.25, 0.3) is 11.8 Å². The van der Waals surface area contributed by atoms with Crippen LogP contribution in [-0.2, 0) is 46.6 Å². The number of likely N-dealkylation sites (tertiary alicyclic amines) is 1. The third-order valence-electron chi connectivity index (χ3n) is 15.1. The number of nitrogens with two attached hydrogens (primary N) is 1. The molecule has 0 aliphatic carbocycles. The Morgan fingerprint density at radius 3 is 2.26 bits per heavy atom. The summed E-state index contributed by atoms with van der Waals surface area (Å²) in [5.74, 6) is -5.03. The summed E-state index contributed by atoms with van der Waals surface area (Å²) in [5.41, 5.74) is 6.94. The lowest BCUT2D eigenvalue weighted by Gasteiger charge is -2.40. The number of hydrogen-bond donors (Lipinski definition) is 7. The van der Waals surface area contributed by atoms with Crippen LogP contribution in [0.3, 0.4) is 0 Å². The molecule has 7 rings (SSSR count). The number of ether oxygens (including phenoxy) is 2. The average molecular weight is 1180 g/mol. The van der Waals surface area contributed by atoms with Crippen LogP contribution in [0.2, 0.25) is 0 Å². The zero-order valence-corrected chi connectivity index (χ0v) is 48.0. The summed E-state index contributed by atoms with van der Waals surface area (Å²) in [6, 6.07) is 13.6. The number of carbonyl (C=O) groups excluding carboxylic acids is 8. The van der Waals surface area contributed by atoms with E-state index >= 15 is 8.78 Å². The summed E-state index contributed by atoms with van der Waals surface area (Å²) in [5, 5.41) is 23.6. The summed E-state index contributed by atoms with van der Waals surface area (Å²) < 4.78 is 59.8. The van der Waals surface area contributed by atoms with E-state index in [-0.39, 0.29) is 100 Å². The predicted octanol–water partition coefficient (Wildman–Crippen LogP) is 5.84. The number of anilines is 1. The van der Waals surface area contributed by atoms with E-state index in [0.717, 1.165) is 28.7 Å². The molecule has 1 aromatic heterocycles. The molecule has 25 heteroatoms. The van der Waals surface area contributed by atoms with E-state index in [1.165, 1.54) is 22.0 Å². The topological polar surface area (TPSA) is 289 Å². The van der Waals surface area contributed by atoms with E-state index in [9.17, 15) is 47.9 Å². The molecule has 0 saturated carbocycles. The number of carbonyl (C=O) groups is 8. The van der Waals surface area contributed by atoms with E-state index in [2.05, 4.69) is 26.6 Å². The van der Waals surface area contributed by atoms with Crippen LogP contribution < -0.4 is 32.3 Å². The third-order valence-corrected chi connectivity index (χ3v) is 15.1. The Balaban J connectivity index is 0.991. The third kappa shape index (κ3) is 18.3. The number of rotatable bonds is 28. The largest absolute Gasteiger partial charge is 0.445 e. The van der Waals surface area contributed by atoms with Gasteiger partial charge in [-0.25, -0.2) is 32.5 Å². The Morgan fingerprint density at radius 2 is 1.58 bits per heavy atom. The van der Waals surface area contributed by atoms with Crippen molar-refractivity contribution in [2.45, 2.75) is 116 Å². The monoisotopic (exact) mass is 1180 g/mol. The Kier molecular flexibility index (Phi) is 23.4. The molecule has 0 bridgehead atoms. The summed E-state index contributed by atoms with van der Waals surface area (Å²) in [6.45, 7) is 5.01. The van der Waals surface area contributed by atoms with Gasteiger partial charge in [-0.05, 0) is 98.7 Å². The number of benzene rings is 3. The molecule has 4 aromatic rings. The molecule has 3 aliphatic rings. The van der Waals surface area contributed by atoms with Gasteiger partial charge in [-0.15, -0.1) is 0 Å². The van der Waals surface area contributed by atoms with Crippen LogP contribution in [0.5, 0.6) is 0 Å². The molecular weight excluding hydrogens is 1110 g/mol. The molecule has 6 atom stereocenters. The number of aliphatic hydroxyl groups is 1. The van der Waals surface area contributed by atoms with Crippen molar-refractivity contribution in [3.8, 4) is 11.3 Å². The number of unbranched alkanes of at least 4 members (excludes halogenated alkanes) is 2. The Labute approximate surface area is 491 Å². The number of halogens is 3. The van der Waals surface area contributed by atoms with Gasteiger partial charge in [-0.1, -0.05) is 62.7 Å². The number of alkyl halides is 1. The standard InChI is InChI=1S/C60H76F3N11O11/c1-37(2)53(70-50(76)14-8-5-9-26-73-51(77)21-22-52(73)78)57(80)69-48(13-10-25-65-58(64)81)56(79)67-44-18-15-40(16-19-44)36-85-60(83)72-31-42(47(63)33-72)32-74(59(82)66-38(3)35-75)54(41-23-27-84-28-24-41)55-68-49(45-29-43(61)17-20-46(45)62)34-71(55)30-39-11-6-4-7-12-39/h4,6-7,11-12,15-22,29,34,37-38,41-42,47-48,53-54,75H,5,8-10,13-14,23-28,30-33,35-36H2,1-3H3,(H,66,82)(H,67,79)(H,69,80)(H,70,76)(H3,64,65,81)/t38?,42-,47-,48?,53?,54?/m0/s1. The zero-order chi connectivity index (χ0) is 61.2. The SMILES string of the molecule is CC(CO)NC(=O)N(C[C@@H]1CN(C(=O)OCc2ccc(NC(=O)C(CCCNC(N)=O)NC(=O)C(NC(=O)CCCCCN3C(=O)C=CC3=O)C(C)C)cc2)C[C@@H]1F)C(c1nc(-c2cc(F)ccc2F)cn1Cc1ccccc1)C1CCOCC1. The minimum Gasteiger partial charge on any atom is -0.445 e. The Hall–Kier alpha value is -8.32. The van der Waals surface area contributed by atoms with Crippen molar-refractivity contribution in [1.29, 1.82) is 0 Å². The molecule has 0 radical (unpaired) electrons. The van der Waals surface area contributed by atoms with Gasteiger partial charge in [0.05, 0.1) is 30.9 Å². The van der Waals surface area contributed by atoms with Crippen LogP contribution >= 0.6 is 0 Å². The number of aromatic nitrogens is 2. The summed E-state index contributed by atoms with van der Waals surface area (Å²) in [7, 11) is 0. The lowest BCUT2D eigenvalue weighted by atomic mass is 9.89. The predicted molar refractivity (Wildman–Crippen MR) is 306 cm³/mol. The number of aliphatic hydroxyl groups excluding tert-OH is 1. The fourth-order valence-electron chi connectivity index (χ4n) is 10.5. The van der Waals surface area contributed by atoms with E-state index in [1.807, 2.05) is 30.3 Å². The number of hydrogen-bond acceptors (Lipinski definition) is 12. The lowest BCUT2D eigenvalue weighted by Crippen LogP contribution is -2.54. The molecule has 3 aliphatic heterocycles. The fourth-order valence-corrected chi connectivity index (χ4v) is 10.5. The second-order valence-corrected chi connectivity index (χ2v) is 22.0. The first-order chi connectivity index (χ1) is 40.8. The first-order valence-corrected chi connectivity index (χ1v) is 28.7. The zero-order valence-electron chi connectivity index (χ0n) is 48.0. The maximum Gasteiger partial charge on any atom is 0.410 e. The molecule has 2 saturated heterocycles. The van der Waals surface area contributed by atoms with Crippen LogP contribution in [0.25, 0.3) is 11.3 Å². The van der Waals surface area contributed by atoms with Crippen molar-refractivity contribution >= 4 is 53.4 Å². The molecule has 2 fully saturated rings. The number of amides is 10. The molecule has 3 aromatic carbocycles. The van der Waals surface area contributed by atoms with Gasteiger partial charge in [0, 0.05) is 87.9 Å². The van der Waals surface area contributed by atoms with Crippen LogP contribution in [0.1, 0.15) is 95.1 Å². The number of imidazole rings is 1. The van der Waals surface area contributed by atoms with E-state index in [4.69, 9.17) is 20.2 Å². The first-order valence-electron chi connectivity index (χ1n) is 28.7.